The standard InChI is InChI=1S/C22H23N3O5S2/c1-3-25(31(2,27)28)20-13-9-17(10-14-20)22(26)23-18-11-15-21(16-12-18)32(29,30)24-19-7-5-4-6-8-19/h4-16,24H,3H2,1-2H3,(H,23,26). The van der Waals surface area contributed by atoms with E-state index in [0.29, 0.717) is 22.6 Å². The molecule has 32 heavy (non-hydrogen) atoms. The zero-order chi connectivity index (χ0) is 23.4. The highest BCUT2D eigenvalue weighted by Crippen LogP contribution is 2.20. The van der Waals surface area contributed by atoms with E-state index in [1.807, 2.05) is 0 Å². The van der Waals surface area contributed by atoms with Gasteiger partial charge in [0.1, 0.15) is 0 Å². The third kappa shape index (κ3) is 5.65. The van der Waals surface area contributed by atoms with Gasteiger partial charge in [-0.2, -0.15) is 0 Å². The normalized spacial score (nSPS) is 11.6. The van der Waals surface area contributed by atoms with Gasteiger partial charge in [-0.3, -0.25) is 13.8 Å². The first-order chi connectivity index (χ1) is 15.1. The van der Waals surface area contributed by atoms with Crippen molar-refractivity contribution in [3.63, 3.8) is 0 Å². The number of hydrogen-bond acceptors (Lipinski definition) is 5. The first-order valence-corrected chi connectivity index (χ1v) is 13.0. The van der Waals surface area contributed by atoms with E-state index in [0.717, 1.165) is 6.26 Å². The third-order valence-corrected chi connectivity index (χ3v) is 7.22. The molecule has 0 atom stereocenters. The van der Waals surface area contributed by atoms with E-state index in [1.54, 1.807) is 49.4 Å². The second-order valence-electron chi connectivity index (χ2n) is 6.92. The van der Waals surface area contributed by atoms with Crippen molar-refractivity contribution in [2.75, 3.05) is 27.1 Å². The van der Waals surface area contributed by atoms with Gasteiger partial charge in [0.25, 0.3) is 15.9 Å². The molecule has 0 spiro atoms. The van der Waals surface area contributed by atoms with Crippen molar-refractivity contribution < 1.29 is 21.6 Å². The van der Waals surface area contributed by atoms with Gasteiger partial charge in [0.05, 0.1) is 16.8 Å². The summed E-state index contributed by atoms with van der Waals surface area (Å²) in [6, 6.07) is 20.5. The Morgan fingerprint density at radius 2 is 1.41 bits per heavy atom. The third-order valence-electron chi connectivity index (χ3n) is 4.55. The summed E-state index contributed by atoms with van der Waals surface area (Å²) in [6.07, 6.45) is 1.12. The summed E-state index contributed by atoms with van der Waals surface area (Å²) >= 11 is 0. The van der Waals surface area contributed by atoms with E-state index in [-0.39, 0.29) is 11.4 Å². The number of amides is 1. The molecule has 3 aromatic rings. The average Bonchev–Trinajstić information content (AvgIpc) is 2.74. The quantitative estimate of drug-likeness (QED) is 0.520. The molecule has 0 aliphatic rings. The van der Waals surface area contributed by atoms with Crippen LogP contribution in [0.4, 0.5) is 17.1 Å². The first-order valence-electron chi connectivity index (χ1n) is 9.67. The Kier molecular flexibility index (Phi) is 6.85. The van der Waals surface area contributed by atoms with Crippen molar-refractivity contribution in [1.29, 1.82) is 0 Å². The van der Waals surface area contributed by atoms with E-state index in [4.69, 9.17) is 0 Å². The zero-order valence-corrected chi connectivity index (χ0v) is 19.2. The Labute approximate surface area is 188 Å². The number of carbonyl (C=O) groups is 1. The number of carbonyl (C=O) groups excluding carboxylic acids is 1. The largest absolute Gasteiger partial charge is 0.322 e. The molecule has 3 aromatic carbocycles. The number of nitrogens with zero attached hydrogens (tertiary/aromatic N) is 1. The predicted octanol–water partition coefficient (Wildman–Crippen LogP) is 3.53. The minimum absolute atomic E-state index is 0.0594. The van der Waals surface area contributed by atoms with E-state index in [9.17, 15) is 21.6 Å². The molecular weight excluding hydrogens is 450 g/mol. The van der Waals surface area contributed by atoms with Gasteiger partial charge in [-0.25, -0.2) is 16.8 Å². The van der Waals surface area contributed by atoms with Gasteiger partial charge in [0, 0.05) is 23.5 Å². The fraction of sp³-hybridized carbons (Fsp3) is 0.136. The Bertz CT molecular complexity index is 1290. The SMILES string of the molecule is CCN(c1ccc(C(=O)Nc2ccc(S(=O)(=O)Nc3ccccc3)cc2)cc1)S(C)(=O)=O. The number of nitrogens with one attached hydrogen (secondary N) is 2. The molecule has 0 radical (unpaired) electrons. The summed E-state index contributed by atoms with van der Waals surface area (Å²) < 4.78 is 52.4. The number of benzene rings is 3. The van der Waals surface area contributed by atoms with Gasteiger partial charge >= 0.3 is 0 Å². The second-order valence-corrected chi connectivity index (χ2v) is 10.5. The monoisotopic (exact) mass is 473 g/mol. The molecule has 0 saturated heterocycles. The lowest BCUT2D eigenvalue weighted by Gasteiger charge is -2.20. The van der Waals surface area contributed by atoms with E-state index >= 15 is 0 Å². The molecule has 8 nitrogen and oxygen atoms in total. The Hall–Kier alpha value is -3.37. The molecule has 0 fully saturated rings. The maximum absolute atomic E-state index is 12.5. The van der Waals surface area contributed by atoms with Crippen LogP contribution in [0.5, 0.6) is 0 Å². The summed E-state index contributed by atoms with van der Waals surface area (Å²) in [6.45, 7) is 2.00. The van der Waals surface area contributed by atoms with Crippen LogP contribution in [0.2, 0.25) is 0 Å². The first kappa shape index (κ1) is 23.3. The summed E-state index contributed by atoms with van der Waals surface area (Å²) in [5.74, 6) is -0.406. The molecule has 3 rings (SSSR count). The molecule has 0 aliphatic heterocycles. The van der Waals surface area contributed by atoms with Crippen LogP contribution in [-0.2, 0) is 20.0 Å². The van der Waals surface area contributed by atoms with Crippen LogP contribution in [-0.4, -0.2) is 35.5 Å². The smallest absolute Gasteiger partial charge is 0.261 e. The van der Waals surface area contributed by atoms with Crippen LogP contribution in [0.1, 0.15) is 17.3 Å². The van der Waals surface area contributed by atoms with Crippen molar-refractivity contribution in [1.82, 2.24) is 0 Å². The highest BCUT2D eigenvalue weighted by Gasteiger charge is 2.17. The average molecular weight is 474 g/mol. The topological polar surface area (TPSA) is 113 Å². The number of sulfonamides is 2. The summed E-state index contributed by atoms with van der Waals surface area (Å²) in [5.41, 5.74) is 1.67. The van der Waals surface area contributed by atoms with Crippen LogP contribution in [0, 0.1) is 0 Å². The summed E-state index contributed by atoms with van der Waals surface area (Å²) in [7, 11) is -7.16. The minimum Gasteiger partial charge on any atom is -0.322 e. The molecule has 1 amide bonds. The predicted molar refractivity (Wildman–Crippen MR) is 126 cm³/mol. The number of hydrogen-bond donors (Lipinski definition) is 2. The molecule has 0 unspecified atom stereocenters. The van der Waals surface area contributed by atoms with Gasteiger partial charge in [0.2, 0.25) is 10.0 Å². The minimum atomic E-state index is -3.75. The highest BCUT2D eigenvalue weighted by atomic mass is 32.2. The molecule has 0 saturated carbocycles. The Balaban J connectivity index is 1.69. The van der Waals surface area contributed by atoms with Crippen molar-refractivity contribution in [3.8, 4) is 0 Å². The van der Waals surface area contributed by atoms with Crippen LogP contribution < -0.4 is 14.3 Å². The molecular formula is C22H23N3O5S2. The van der Waals surface area contributed by atoms with Crippen LogP contribution in [0.3, 0.4) is 0 Å². The molecule has 0 aromatic heterocycles. The van der Waals surface area contributed by atoms with E-state index < -0.39 is 26.0 Å². The number of para-hydroxylation sites is 1. The maximum atomic E-state index is 12.5. The summed E-state index contributed by atoms with van der Waals surface area (Å²) in [4.78, 5) is 12.6. The second kappa shape index (κ2) is 9.41. The number of anilines is 3. The van der Waals surface area contributed by atoms with Crippen molar-refractivity contribution in [2.45, 2.75) is 11.8 Å². The molecule has 0 heterocycles. The van der Waals surface area contributed by atoms with Gasteiger partial charge in [0.15, 0.2) is 0 Å². The van der Waals surface area contributed by atoms with Gasteiger partial charge in [-0.15, -0.1) is 0 Å². The Morgan fingerprint density at radius 3 is 1.94 bits per heavy atom. The molecule has 168 valence electrons. The van der Waals surface area contributed by atoms with E-state index in [1.165, 1.54) is 40.7 Å². The van der Waals surface area contributed by atoms with Crippen molar-refractivity contribution in [3.05, 3.63) is 84.4 Å². The van der Waals surface area contributed by atoms with Crippen LogP contribution in [0.25, 0.3) is 0 Å². The van der Waals surface area contributed by atoms with Crippen LogP contribution >= 0.6 is 0 Å². The zero-order valence-electron chi connectivity index (χ0n) is 17.5. The summed E-state index contributed by atoms with van der Waals surface area (Å²) in [5, 5.41) is 2.69. The van der Waals surface area contributed by atoms with Gasteiger partial charge < -0.3 is 5.32 Å². The highest BCUT2D eigenvalue weighted by molar-refractivity contribution is 7.92. The fourth-order valence-corrected chi connectivity index (χ4v) is 5.06. The van der Waals surface area contributed by atoms with Gasteiger partial charge in [-0.05, 0) is 67.6 Å². The van der Waals surface area contributed by atoms with Crippen molar-refractivity contribution in [2.24, 2.45) is 0 Å². The Morgan fingerprint density at radius 1 is 0.812 bits per heavy atom. The van der Waals surface area contributed by atoms with Gasteiger partial charge in [-0.1, -0.05) is 18.2 Å². The maximum Gasteiger partial charge on any atom is 0.261 e. The lowest BCUT2D eigenvalue weighted by Crippen LogP contribution is -2.29. The number of rotatable bonds is 8. The molecule has 0 bridgehead atoms. The molecule has 10 heteroatoms. The van der Waals surface area contributed by atoms with E-state index in [2.05, 4.69) is 10.0 Å². The fourth-order valence-electron chi connectivity index (χ4n) is 3.03. The lowest BCUT2D eigenvalue weighted by molar-refractivity contribution is 0.102. The lowest BCUT2D eigenvalue weighted by atomic mass is 10.2. The molecule has 2 N–H and O–H groups in total. The van der Waals surface area contributed by atoms with Crippen molar-refractivity contribution >= 4 is 43.0 Å². The van der Waals surface area contributed by atoms with Crippen LogP contribution in [0.15, 0.2) is 83.8 Å². The molecule has 0 aliphatic carbocycles.